The number of rotatable bonds is 6. The van der Waals surface area contributed by atoms with E-state index in [2.05, 4.69) is 36.4 Å². The number of aliphatic hydroxyl groups is 1. The second-order valence-electron chi connectivity index (χ2n) is 5.42. The van der Waals surface area contributed by atoms with Gasteiger partial charge >= 0.3 is 0 Å². The van der Waals surface area contributed by atoms with Gasteiger partial charge in [-0.25, -0.2) is 0 Å². The summed E-state index contributed by atoms with van der Waals surface area (Å²) in [5.41, 5.74) is -0.573. The van der Waals surface area contributed by atoms with Crippen LogP contribution in [0.3, 0.4) is 0 Å². The van der Waals surface area contributed by atoms with Crippen molar-refractivity contribution in [1.29, 1.82) is 0 Å². The third-order valence-corrected chi connectivity index (χ3v) is 4.85. The van der Waals surface area contributed by atoms with Crippen molar-refractivity contribution >= 4 is 22.6 Å². The predicted octanol–water partition coefficient (Wildman–Crippen LogP) is 4.52. The Labute approximate surface area is 115 Å². The zero-order valence-corrected chi connectivity index (χ0v) is 12.8. The lowest BCUT2D eigenvalue weighted by atomic mass is 9.61. The molecule has 0 saturated heterocycles. The van der Waals surface area contributed by atoms with Crippen LogP contribution in [0.5, 0.6) is 0 Å². The summed E-state index contributed by atoms with van der Waals surface area (Å²) < 4.78 is 1.14. The number of halogens is 1. The molecule has 0 amide bonds. The summed E-state index contributed by atoms with van der Waals surface area (Å²) >= 11 is 2.44. The normalized spacial score (nSPS) is 24.0. The SMILES string of the molecule is [CH2]C(O)(CCCC)C1(CCI)CCCCC1. The van der Waals surface area contributed by atoms with Crippen molar-refractivity contribution in [3.05, 3.63) is 6.92 Å². The van der Waals surface area contributed by atoms with Gasteiger partial charge in [0.25, 0.3) is 0 Å². The molecule has 16 heavy (non-hydrogen) atoms. The van der Waals surface area contributed by atoms with Gasteiger partial charge in [0.1, 0.15) is 0 Å². The standard InChI is InChI=1S/C14H26IO/c1-3-4-8-13(2,16)14(11-12-15)9-6-5-7-10-14/h16H,2-12H2,1H3. The maximum Gasteiger partial charge on any atom is 0.0705 e. The van der Waals surface area contributed by atoms with Crippen molar-refractivity contribution in [1.82, 2.24) is 0 Å². The van der Waals surface area contributed by atoms with Gasteiger partial charge in [0.05, 0.1) is 5.60 Å². The van der Waals surface area contributed by atoms with Crippen LogP contribution in [0.2, 0.25) is 0 Å². The number of unbranched alkanes of at least 4 members (excludes halogenated alkanes) is 1. The summed E-state index contributed by atoms with van der Waals surface area (Å²) in [6.45, 7) is 6.36. The molecule has 1 N–H and O–H groups in total. The molecule has 1 aliphatic rings. The van der Waals surface area contributed by atoms with E-state index in [1.807, 2.05) is 0 Å². The van der Waals surface area contributed by atoms with Crippen molar-refractivity contribution < 1.29 is 5.11 Å². The van der Waals surface area contributed by atoms with Crippen LogP contribution < -0.4 is 0 Å². The summed E-state index contributed by atoms with van der Waals surface area (Å²) in [4.78, 5) is 0. The molecule has 0 heterocycles. The van der Waals surface area contributed by atoms with E-state index in [1.54, 1.807) is 0 Å². The van der Waals surface area contributed by atoms with Crippen molar-refractivity contribution in [2.45, 2.75) is 70.3 Å². The van der Waals surface area contributed by atoms with Crippen LogP contribution in [-0.2, 0) is 0 Å². The third kappa shape index (κ3) is 3.34. The van der Waals surface area contributed by atoms with Crippen molar-refractivity contribution in [3.63, 3.8) is 0 Å². The van der Waals surface area contributed by atoms with E-state index < -0.39 is 5.60 Å². The van der Waals surface area contributed by atoms with Crippen molar-refractivity contribution in [2.75, 3.05) is 4.43 Å². The highest BCUT2D eigenvalue weighted by Crippen LogP contribution is 2.49. The van der Waals surface area contributed by atoms with E-state index in [1.165, 1.54) is 32.1 Å². The first-order valence-corrected chi connectivity index (χ1v) is 8.24. The van der Waals surface area contributed by atoms with Gasteiger partial charge in [-0.15, -0.1) is 0 Å². The average molecular weight is 337 g/mol. The molecule has 1 atom stereocenters. The summed E-state index contributed by atoms with van der Waals surface area (Å²) in [6.07, 6.45) is 10.5. The molecule has 0 aliphatic heterocycles. The summed E-state index contributed by atoms with van der Waals surface area (Å²) in [6, 6.07) is 0. The van der Waals surface area contributed by atoms with Gasteiger partial charge in [-0.3, -0.25) is 0 Å². The molecule has 1 radical (unpaired) electrons. The first kappa shape index (κ1) is 14.7. The lowest BCUT2D eigenvalue weighted by Crippen LogP contribution is -2.47. The average Bonchev–Trinajstić information content (AvgIpc) is 2.28. The maximum absolute atomic E-state index is 10.7. The van der Waals surface area contributed by atoms with E-state index >= 15 is 0 Å². The summed E-state index contributed by atoms with van der Waals surface area (Å²) in [5, 5.41) is 10.7. The molecule has 0 aromatic rings. The lowest BCUT2D eigenvalue weighted by molar-refractivity contribution is -0.0782. The fraction of sp³-hybridized carbons (Fsp3) is 0.929. The molecule has 0 bridgehead atoms. The van der Waals surface area contributed by atoms with Gasteiger partial charge in [-0.05, 0) is 38.0 Å². The van der Waals surface area contributed by atoms with Gasteiger partial charge in [0.15, 0.2) is 0 Å². The number of alkyl halides is 1. The predicted molar refractivity (Wildman–Crippen MR) is 78.9 cm³/mol. The molecule has 95 valence electrons. The Morgan fingerprint density at radius 3 is 2.44 bits per heavy atom. The molecule has 1 nitrogen and oxygen atoms in total. The number of hydrogen-bond donors (Lipinski definition) is 1. The van der Waals surface area contributed by atoms with E-state index in [4.69, 9.17) is 0 Å². The Balaban J connectivity index is 2.72. The topological polar surface area (TPSA) is 20.2 Å². The van der Waals surface area contributed by atoms with Crippen LogP contribution in [0.25, 0.3) is 0 Å². The monoisotopic (exact) mass is 337 g/mol. The summed E-state index contributed by atoms with van der Waals surface area (Å²) in [5.74, 6) is 0. The molecular formula is C14H26IO. The molecule has 0 aromatic carbocycles. The van der Waals surface area contributed by atoms with E-state index in [-0.39, 0.29) is 5.41 Å². The zero-order chi connectivity index (χ0) is 12.1. The van der Waals surface area contributed by atoms with Crippen molar-refractivity contribution in [2.24, 2.45) is 5.41 Å². The Bertz CT molecular complexity index is 189. The number of hydrogen-bond acceptors (Lipinski definition) is 1. The Hall–Kier alpha value is 0.690. The Kier molecular flexibility index (Phi) is 6.06. The van der Waals surface area contributed by atoms with Gasteiger partial charge in [-0.1, -0.05) is 61.6 Å². The van der Waals surface area contributed by atoms with Crippen LogP contribution >= 0.6 is 22.6 Å². The van der Waals surface area contributed by atoms with Crippen LogP contribution in [0.1, 0.15) is 64.7 Å². The lowest BCUT2D eigenvalue weighted by Gasteiger charge is -2.48. The molecule has 1 saturated carbocycles. The summed E-state index contributed by atoms with van der Waals surface area (Å²) in [7, 11) is 0. The Morgan fingerprint density at radius 2 is 1.94 bits per heavy atom. The van der Waals surface area contributed by atoms with Gasteiger partial charge in [-0.2, -0.15) is 0 Å². The van der Waals surface area contributed by atoms with Crippen LogP contribution in [0, 0.1) is 12.3 Å². The molecule has 0 aromatic heterocycles. The quantitative estimate of drug-likeness (QED) is 0.558. The first-order chi connectivity index (χ1) is 7.58. The van der Waals surface area contributed by atoms with Crippen molar-refractivity contribution in [3.8, 4) is 0 Å². The molecule has 1 fully saturated rings. The minimum absolute atomic E-state index is 0.113. The molecule has 2 heteroatoms. The van der Waals surface area contributed by atoms with Gasteiger partial charge < -0.3 is 5.11 Å². The first-order valence-electron chi connectivity index (χ1n) is 6.72. The third-order valence-electron chi connectivity index (χ3n) is 4.31. The molecule has 1 rings (SSSR count). The smallest absolute Gasteiger partial charge is 0.0705 e. The van der Waals surface area contributed by atoms with E-state index in [0.717, 1.165) is 30.1 Å². The highest BCUT2D eigenvalue weighted by molar-refractivity contribution is 14.1. The molecule has 0 spiro atoms. The van der Waals surface area contributed by atoms with Gasteiger partial charge in [0, 0.05) is 4.43 Å². The minimum atomic E-state index is -0.686. The largest absolute Gasteiger partial charge is 0.389 e. The fourth-order valence-corrected chi connectivity index (χ4v) is 4.12. The van der Waals surface area contributed by atoms with E-state index in [9.17, 15) is 5.11 Å². The van der Waals surface area contributed by atoms with Crippen LogP contribution in [0.15, 0.2) is 0 Å². The second kappa shape index (κ2) is 6.58. The molecule has 1 unspecified atom stereocenters. The maximum atomic E-state index is 10.7. The Morgan fingerprint density at radius 1 is 1.31 bits per heavy atom. The fourth-order valence-electron chi connectivity index (χ4n) is 3.09. The molecular weight excluding hydrogens is 311 g/mol. The zero-order valence-electron chi connectivity index (χ0n) is 10.6. The second-order valence-corrected chi connectivity index (χ2v) is 6.49. The van der Waals surface area contributed by atoms with Crippen LogP contribution in [-0.4, -0.2) is 15.1 Å². The van der Waals surface area contributed by atoms with Gasteiger partial charge in [0.2, 0.25) is 0 Å². The van der Waals surface area contributed by atoms with Crippen LogP contribution in [0.4, 0.5) is 0 Å². The minimum Gasteiger partial charge on any atom is -0.389 e. The molecule has 1 aliphatic carbocycles. The highest BCUT2D eigenvalue weighted by Gasteiger charge is 2.46. The van der Waals surface area contributed by atoms with E-state index in [0.29, 0.717) is 0 Å². The highest BCUT2D eigenvalue weighted by atomic mass is 127.